The number of nitriles is 1. The highest BCUT2D eigenvalue weighted by Gasteiger charge is 2.20. The molecule has 0 amide bonds. The smallest absolute Gasteiger partial charge is 0.270 e. The maximum Gasteiger partial charge on any atom is 0.270 e. The van der Waals surface area contributed by atoms with Crippen LogP contribution in [0.1, 0.15) is 13.3 Å². The fourth-order valence-corrected chi connectivity index (χ4v) is 1.32. The Morgan fingerprint density at radius 3 is 3.20 bits per heavy atom. The fourth-order valence-electron chi connectivity index (χ4n) is 1.32. The lowest BCUT2D eigenvalue weighted by molar-refractivity contribution is 0.0837. The van der Waals surface area contributed by atoms with Crippen LogP contribution in [0.5, 0.6) is 0 Å². The van der Waals surface area contributed by atoms with Gasteiger partial charge >= 0.3 is 0 Å². The van der Waals surface area contributed by atoms with E-state index in [1.54, 1.807) is 0 Å². The highest BCUT2D eigenvalue weighted by atomic mass is 16.5. The standard InChI is InChI=1S/C7H12BNO/c1-7-5-8(6-9)3-2-4-10-7/h7H,2-5H2,1H3/t7-/m1/s1. The van der Waals surface area contributed by atoms with Gasteiger partial charge in [0.15, 0.2) is 0 Å². The normalized spacial score (nSPS) is 27.2. The highest BCUT2D eigenvalue weighted by molar-refractivity contribution is 6.67. The van der Waals surface area contributed by atoms with Gasteiger partial charge in [-0.3, -0.25) is 0 Å². The number of hydrogen-bond acceptors (Lipinski definition) is 2. The van der Waals surface area contributed by atoms with Gasteiger partial charge in [0, 0.05) is 18.7 Å². The van der Waals surface area contributed by atoms with Crippen LogP contribution >= 0.6 is 0 Å². The van der Waals surface area contributed by atoms with Crippen molar-refractivity contribution in [1.29, 1.82) is 5.26 Å². The molecule has 0 unspecified atom stereocenters. The third kappa shape index (κ3) is 2.04. The first-order valence-electron chi connectivity index (χ1n) is 3.84. The minimum Gasteiger partial charge on any atom is -0.379 e. The molecule has 2 nitrogen and oxygen atoms in total. The lowest BCUT2D eigenvalue weighted by Gasteiger charge is -2.07. The van der Waals surface area contributed by atoms with Crippen LogP contribution < -0.4 is 0 Å². The van der Waals surface area contributed by atoms with Gasteiger partial charge in [0.1, 0.15) is 0 Å². The predicted octanol–water partition coefficient (Wildman–Crippen LogP) is 1.35. The molecular weight excluding hydrogens is 125 g/mol. The van der Waals surface area contributed by atoms with Crippen molar-refractivity contribution in [3.8, 4) is 5.97 Å². The van der Waals surface area contributed by atoms with E-state index in [4.69, 9.17) is 10.00 Å². The quantitative estimate of drug-likeness (QED) is 0.472. The third-order valence-corrected chi connectivity index (χ3v) is 1.90. The number of ether oxygens (including phenoxy) is 1. The molecular formula is C7H12BNO. The minimum absolute atomic E-state index is 0.234. The Balaban J connectivity index is 2.39. The van der Waals surface area contributed by atoms with Gasteiger partial charge < -0.3 is 4.74 Å². The number of hydrogen-bond donors (Lipinski definition) is 0. The van der Waals surface area contributed by atoms with E-state index in [2.05, 4.69) is 5.97 Å². The summed E-state index contributed by atoms with van der Waals surface area (Å²) in [5.74, 6) is 2.29. The first kappa shape index (κ1) is 7.62. The predicted molar refractivity (Wildman–Crippen MR) is 41.0 cm³/mol. The molecule has 1 atom stereocenters. The van der Waals surface area contributed by atoms with Crippen LogP contribution in [0.3, 0.4) is 0 Å². The Bertz CT molecular complexity index is 143. The van der Waals surface area contributed by atoms with Gasteiger partial charge in [-0.2, -0.15) is 0 Å². The van der Waals surface area contributed by atoms with Crippen molar-refractivity contribution in [1.82, 2.24) is 0 Å². The van der Waals surface area contributed by atoms with Crippen molar-refractivity contribution in [2.45, 2.75) is 32.1 Å². The summed E-state index contributed by atoms with van der Waals surface area (Å²) in [6, 6.07) is 0. The molecule has 0 aliphatic carbocycles. The second kappa shape index (κ2) is 3.63. The Kier molecular flexibility index (Phi) is 2.76. The van der Waals surface area contributed by atoms with E-state index < -0.39 is 0 Å². The topological polar surface area (TPSA) is 33.0 Å². The van der Waals surface area contributed by atoms with E-state index >= 15 is 0 Å². The van der Waals surface area contributed by atoms with E-state index in [0.717, 1.165) is 25.7 Å². The van der Waals surface area contributed by atoms with Crippen LogP contribution in [-0.4, -0.2) is 19.4 Å². The SMILES string of the molecule is C[C@@H]1CB(C#N)CCCO1. The van der Waals surface area contributed by atoms with Crippen molar-refractivity contribution in [2.75, 3.05) is 6.61 Å². The molecule has 54 valence electrons. The molecule has 1 heterocycles. The Labute approximate surface area is 62.3 Å². The maximum atomic E-state index is 8.63. The second-order valence-electron chi connectivity index (χ2n) is 2.89. The molecule has 1 rings (SSSR count). The van der Waals surface area contributed by atoms with Crippen molar-refractivity contribution in [2.24, 2.45) is 0 Å². The molecule has 0 saturated carbocycles. The van der Waals surface area contributed by atoms with E-state index in [-0.39, 0.29) is 12.8 Å². The zero-order valence-corrected chi connectivity index (χ0v) is 6.34. The third-order valence-electron chi connectivity index (χ3n) is 1.90. The van der Waals surface area contributed by atoms with E-state index in [1.807, 2.05) is 6.92 Å². The van der Waals surface area contributed by atoms with Crippen LogP contribution in [0.25, 0.3) is 0 Å². The van der Waals surface area contributed by atoms with E-state index in [1.165, 1.54) is 0 Å². The summed E-state index contributed by atoms with van der Waals surface area (Å²) < 4.78 is 5.38. The zero-order chi connectivity index (χ0) is 7.40. The highest BCUT2D eigenvalue weighted by Crippen LogP contribution is 2.13. The van der Waals surface area contributed by atoms with Gasteiger partial charge in [0.05, 0.1) is 0 Å². The molecule has 1 fully saturated rings. The summed E-state index contributed by atoms with van der Waals surface area (Å²) in [6.45, 7) is 3.10. The van der Waals surface area contributed by atoms with Gasteiger partial charge in [0.25, 0.3) is 6.71 Å². The summed E-state index contributed by atoms with van der Waals surface area (Å²) in [7, 11) is 0. The van der Waals surface area contributed by atoms with Gasteiger partial charge in [-0.1, -0.05) is 6.32 Å². The molecule has 0 bridgehead atoms. The van der Waals surface area contributed by atoms with Crippen molar-refractivity contribution < 1.29 is 4.74 Å². The summed E-state index contributed by atoms with van der Waals surface area (Å²) in [5, 5.41) is 8.63. The Morgan fingerprint density at radius 2 is 2.50 bits per heavy atom. The first-order valence-corrected chi connectivity index (χ1v) is 3.84. The molecule has 0 N–H and O–H groups in total. The fraction of sp³-hybridized carbons (Fsp3) is 0.857. The molecule has 0 radical (unpaired) electrons. The molecule has 3 heteroatoms. The first-order chi connectivity index (χ1) is 4.83. The van der Waals surface area contributed by atoms with Gasteiger partial charge in [-0.25, -0.2) is 5.26 Å². The van der Waals surface area contributed by atoms with Crippen LogP contribution in [0.4, 0.5) is 0 Å². The molecule has 1 saturated heterocycles. The van der Waals surface area contributed by atoms with Crippen LogP contribution in [-0.2, 0) is 4.74 Å². The average Bonchev–Trinajstić information content (AvgIpc) is 2.13. The van der Waals surface area contributed by atoms with E-state index in [0.29, 0.717) is 0 Å². The van der Waals surface area contributed by atoms with Gasteiger partial charge in [-0.15, -0.1) is 0 Å². The molecule has 0 aromatic rings. The zero-order valence-electron chi connectivity index (χ0n) is 6.34. The number of nitrogens with zero attached hydrogens (tertiary/aromatic N) is 1. The van der Waals surface area contributed by atoms with Crippen molar-refractivity contribution in [3.05, 3.63) is 0 Å². The van der Waals surface area contributed by atoms with E-state index in [9.17, 15) is 0 Å². The largest absolute Gasteiger partial charge is 0.379 e. The van der Waals surface area contributed by atoms with Crippen molar-refractivity contribution in [3.63, 3.8) is 0 Å². The molecule has 0 spiro atoms. The molecule has 0 aromatic carbocycles. The summed E-state index contributed by atoms with van der Waals surface area (Å²) in [6.07, 6.45) is 3.26. The summed E-state index contributed by atoms with van der Waals surface area (Å²) in [4.78, 5) is 0. The molecule has 10 heavy (non-hydrogen) atoms. The Morgan fingerprint density at radius 1 is 1.70 bits per heavy atom. The summed E-state index contributed by atoms with van der Waals surface area (Å²) >= 11 is 0. The maximum absolute atomic E-state index is 8.63. The Hall–Kier alpha value is -0.485. The number of rotatable bonds is 0. The molecule has 1 aliphatic heterocycles. The minimum atomic E-state index is 0.234. The average molecular weight is 137 g/mol. The molecule has 0 aromatic heterocycles. The summed E-state index contributed by atoms with van der Waals surface area (Å²) in [5.41, 5.74) is 0. The van der Waals surface area contributed by atoms with Gasteiger partial charge in [0.2, 0.25) is 0 Å². The lowest BCUT2D eigenvalue weighted by atomic mass is 9.45. The van der Waals surface area contributed by atoms with Gasteiger partial charge in [-0.05, 0) is 19.7 Å². The lowest BCUT2D eigenvalue weighted by Crippen LogP contribution is -2.15. The van der Waals surface area contributed by atoms with Crippen molar-refractivity contribution >= 4 is 6.71 Å². The molecule has 1 aliphatic rings. The van der Waals surface area contributed by atoms with Crippen LogP contribution in [0.2, 0.25) is 12.6 Å². The second-order valence-corrected chi connectivity index (χ2v) is 2.89. The van der Waals surface area contributed by atoms with Crippen LogP contribution in [0.15, 0.2) is 0 Å². The monoisotopic (exact) mass is 137 g/mol. The van der Waals surface area contributed by atoms with Crippen LogP contribution in [0, 0.1) is 11.2 Å².